The normalized spacial score (nSPS) is 23.4. The number of nitrogens with one attached hydrogen (secondary N) is 1. The van der Waals surface area contributed by atoms with E-state index in [1.165, 1.54) is 19.3 Å². The molecule has 0 saturated heterocycles. The SMILES string of the molecule is CCOC(=O)C1(F)C/C1=C/n1cc(C)c(=O)[nH]c1=O. The molecule has 1 unspecified atom stereocenters. The van der Waals surface area contributed by atoms with Gasteiger partial charge >= 0.3 is 11.7 Å². The summed E-state index contributed by atoms with van der Waals surface area (Å²) >= 11 is 0. The van der Waals surface area contributed by atoms with Crippen LogP contribution in [0.3, 0.4) is 0 Å². The molecule has 1 aromatic heterocycles. The lowest BCUT2D eigenvalue weighted by atomic mass is 10.3. The topological polar surface area (TPSA) is 81.2 Å². The van der Waals surface area contributed by atoms with Crippen molar-refractivity contribution in [1.29, 1.82) is 0 Å². The molecule has 0 radical (unpaired) electrons. The molecular formula is C12H13FN2O4. The van der Waals surface area contributed by atoms with Gasteiger partial charge in [-0.25, -0.2) is 14.0 Å². The van der Waals surface area contributed by atoms with Crippen LogP contribution in [0.1, 0.15) is 18.9 Å². The van der Waals surface area contributed by atoms with E-state index in [0.717, 1.165) is 4.57 Å². The molecule has 1 aromatic rings. The van der Waals surface area contributed by atoms with Crippen molar-refractivity contribution in [1.82, 2.24) is 9.55 Å². The summed E-state index contributed by atoms with van der Waals surface area (Å²) in [6.45, 7) is 3.20. The van der Waals surface area contributed by atoms with Crippen molar-refractivity contribution in [3.8, 4) is 0 Å². The second kappa shape index (κ2) is 4.49. The first-order valence-electron chi connectivity index (χ1n) is 5.78. The van der Waals surface area contributed by atoms with Crippen LogP contribution in [0.5, 0.6) is 0 Å². The molecule has 0 spiro atoms. The number of rotatable bonds is 3. The molecule has 102 valence electrons. The van der Waals surface area contributed by atoms with Gasteiger partial charge in [0.25, 0.3) is 5.56 Å². The molecule has 6 nitrogen and oxygen atoms in total. The Morgan fingerprint density at radius 3 is 2.95 bits per heavy atom. The average molecular weight is 268 g/mol. The fraction of sp³-hybridized carbons (Fsp3) is 0.417. The number of esters is 1. The number of nitrogens with zero attached hydrogens (tertiary/aromatic N) is 1. The highest BCUT2D eigenvalue weighted by Crippen LogP contribution is 2.47. The maximum absolute atomic E-state index is 14.0. The quantitative estimate of drug-likeness (QED) is 0.803. The number of aryl methyl sites for hydroxylation is 1. The van der Waals surface area contributed by atoms with E-state index in [0.29, 0.717) is 5.56 Å². The lowest BCUT2D eigenvalue weighted by Crippen LogP contribution is -2.28. The zero-order chi connectivity index (χ0) is 14.2. The van der Waals surface area contributed by atoms with Crippen LogP contribution in [-0.4, -0.2) is 27.8 Å². The third kappa shape index (κ3) is 2.35. The molecule has 0 aromatic carbocycles. The smallest absolute Gasteiger partial charge is 0.348 e. The first kappa shape index (κ1) is 13.3. The van der Waals surface area contributed by atoms with Gasteiger partial charge in [-0.2, -0.15) is 0 Å². The predicted octanol–water partition coefficient (Wildman–Crippen LogP) is 0.361. The summed E-state index contributed by atoms with van der Waals surface area (Å²) in [7, 11) is 0. The highest BCUT2D eigenvalue weighted by molar-refractivity contribution is 5.91. The third-order valence-corrected chi connectivity index (χ3v) is 2.86. The van der Waals surface area contributed by atoms with Gasteiger partial charge in [0.15, 0.2) is 0 Å². The van der Waals surface area contributed by atoms with Gasteiger partial charge in [-0.15, -0.1) is 0 Å². The van der Waals surface area contributed by atoms with E-state index < -0.39 is 22.9 Å². The van der Waals surface area contributed by atoms with Gasteiger partial charge in [0.1, 0.15) is 0 Å². The first-order chi connectivity index (χ1) is 8.88. The van der Waals surface area contributed by atoms with Crippen LogP contribution in [0, 0.1) is 6.92 Å². The lowest BCUT2D eigenvalue weighted by Gasteiger charge is -2.03. The van der Waals surface area contributed by atoms with Crippen molar-refractivity contribution in [3.05, 3.63) is 38.2 Å². The van der Waals surface area contributed by atoms with E-state index in [1.54, 1.807) is 6.92 Å². The van der Waals surface area contributed by atoms with Gasteiger partial charge in [0, 0.05) is 24.4 Å². The van der Waals surface area contributed by atoms with Gasteiger partial charge in [-0.05, 0) is 19.4 Å². The largest absolute Gasteiger partial charge is 0.463 e. The molecule has 1 heterocycles. The van der Waals surface area contributed by atoms with E-state index in [9.17, 15) is 18.8 Å². The second-order valence-electron chi connectivity index (χ2n) is 4.33. The number of H-pyrrole nitrogens is 1. The summed E-state index contributed by atoms with van der Waals surface area (Å²) < 4.78 is 19.7. The molecule has 19 heavy (non-hydrogen) atoms. The van der Waals surface area contributed by atoms with Crippen LogP contribution >= 0.6 is 0 Å². The molecule has 1 fully saturated rings. The number of ether oxygens (including phenoxy) is 1. The molecule has 0 aliphatic heterocycles. The zero-order valence-electron chi connectivity index (χ0n) is 10.5. The third-order valence-electron chi connectivity index (χ3n) is 2.86. The van der Waals surface area contributed by atoms with Gasteiger partial charge in [-0.1, -0.05) is 0 Å². The van der Waals surface area contributed by atoms with E-state index in [-0.39, 0.29) is 18.6 Å². The van der Waals surface area contributed by atoms with E-state index in [4.69, 9.17) is 0 Å². The average Bonchev–Trinajstić information content (AvgIpc) is 2.99. The monoisotopic (exact) mass is 268 g/mol. The fourth-order valence-corrected chi connectivity index (χ4v) is 1.66. The van der Waals surface area contributed by atoms with Crippen molar-refractivity contribution in [3.63, 3.8) is 0 Å². The standard InChI is InChI=1S/C12H13FN2O4/c1-3-19-10(17)12(13)4-8(12)6-15-5-7(2)9(16)14-11(15)18/h5-6H,3-4H2,1-2H3,(H,14,16,18)/b8-6-. The number of carbonyl (C=O) groups excluding carboxylic acids is 1. The highest BCUT2D eigenvalue weighted by Gasteiger charge is 2.58. The summed E-state index contributed by atoms with van der Waals surface area (Å²) in [5.41, 5.74) is -2.84. The van der Waals surface area contributed by atoms with Crippen LogP contribution in [0.15, 0.2) is 21.4 Å². The highest BCUT2D eigenvalue weighted by atomic mass is 19.1. The van der Waals surface area contributed by atoms with Gasteiger partial charge < -0.3 is 4.74 Å². The molecular weight excluding hydrogens is 255 g/mol. The maximum Gasteiger partial charge on any atom is 0.348 e. The lowest BCUT2D eigenvalue weighted by molar-refractivity contribution is -0.150. The molecule has 7 heteroatoms. The number of aromatic amines is 1. The van der Waals surface area contributed by atoms with Gasteiger partial charge in [0.05, 0.1) is 6.61 Å². The minimum absolute atomic E-state index is 0.0928. The van der Waals surface area contributed by atoms with E-state index >= 15 is 0 Å². The Balaban J connectivity index is 2.31. The van der Waals surface area contributed by atoms with Crippen molar-refractivity contribution >= 4 is 12.2 Å². The van der Waals surface area contributed by atoms with E-state index in [2.05, 4.69) is 9.72 Å². The van der Waals surface area contributed by atoms with Crippen molar-refractivity contribution in [2.24, 2.45) is 0 Å². The summed E-state index contributed by atoms with van der Waals surface area (Å²) in [5.74, 6) is -0.949. The number of hydrogen-bond acceptors (Lipinski definition) is 4. The Hall–Kier alpha value is -2.18. The Labute approximate surface area is 107 Å². The number of aromatic nitrogens is 2. The van der Waals surface area contributed by atoms with Gasteiger partial charge in [0.2, 0.25) is 5.67 Å². The minimum atomic E-state index is -2.14. The molecule has 2 rings (SSSR count). The number of halogens is 1. The summed E-state index contributed by atoms with van der Waals surface area (Å²) in [6.07, 6.45) is 2.40. The molecule has 1 aliphatic rings. The van der Waals surface area contributed by atoms with E-state index in [1.807, 2.05) is 0 Å². The van der Waals surface area contributed by atoms with Crippen LogP contribution in [0.2, 0.25) is 0 Å². The Morgan fingerprint density at radius 2 is 2.32 bits per heavy atom. The molecule has 1 saturated carbocycles. The number of alkyl halides is 1. The molecule has 0 amide bonds. The molecule has 1 aliphatic carbocycles. The summed E-state index contributed by atoms with van der Waals surface area (Å²) in [6, 6.07) is 0. The number of carbonyl (C=O) groups is 1. The Kier molecular flexibility index (Phi) is 3.13. The van der Waals surface area contributed by atoms with Crippen molar-refractivity contribution in [2.45, 2.75) is 25.9 Å². The van der Waals surface area contributed by atoms with Crippen LogP contribution in [-0.2, 0) is 9.53 Å². The summed E-state index contributed by atoms with van der Waals surface area (Å²) in [5, 5.41) is 0. The minimum Gasteiger partial charge on any atom is -0.463 e. The van der Waals surface area contributed by atoms with Crippen LogP contribution < -0.4 is 11.2 Å². The fourth-order valence-electron chi connectivity index (χ4n) is 1.66. The van der Waals surface area contributed by atoms with Crippen molar-refractivity contribution in [2.75, 3.05) is 6.61 Å². The Bertz CT molecular complexity index is 673. The summed E-state index contributed by atoms with van der Waals surface area (Å²) in [4.78, 5) is 36.1. The van der Waals surface area contributed by atoms with Gasteiger partial charge in [-0.3, -0.25) is 14.3 Å². The number of hydrogen-bond donors (Lipinski definition) is 1. The molecule has 1 N–H and O–H groups in total. The zero-order valence-corrected chi connectivity index (χ0v) is 10.5. The first-order valence-corrected chi connectivity index (χ1v) is 5.78. The molecule has 1 atom stereocenters. The molecule has 0 bridgehead atoms. The second-order valence-corrected chi connectivity index (χ2v) is 4.33. The van der Waals surface area contributed by atoms with Crippen molar-refractivity contribution < 1.29 is 13.9 Å². The van der Waals surface area contributed by atoms with Crippen LogP contribution in [0.4, 0.5) is 4.39 Å². The predicted molar refractivity (Wildman–Crippen MR) is 65.4 cm³/mol. The van der Waals surface area contributed by atoms with Crippen LogP contribution in [0.25, 0.3) is 6.20 Å². The maximum atomic E-state index is 14.0. The Morgan fingerprint density at radius 1 is 1.63 bits per heavy atom.